The van der Waals surface area contributed by atoms with Gasteiger partial charge in [0.15, 0.2) is 0 Å². The predicted molar refractivity (Wildman–Crippen MR) is 290 cm³/mol. The summed E-state index contributed by atoms with van der Waals surface area (Å²) in [6, 6.07) is 0. The van der Waals surface area contributed by atoms with Crippen molar-refractivity contribution in [3.05, 3.63) is 0 Å². The number of likely N-dealkylation sites (tertiary alicyclic amines) is 1. The summed E-state index contributed by atoms with van der Waals surface area (Å²) in [5.74, 6) is 11.0. The van der Waals surface area contributed by atoms with Gasteiger partial charge in [-0.05, 0) is 183 Å². The van der Waals surface area contributed by atoms with Crippen molar-refractivity contribution in [1.29, 1.82) is 0 Å². The standard InChI is InChI=1S/C11H20O.3C10H18O.C9H17NO.C9H16O.2CH4/c1-5-11(9(4)12)6-10(7-11)8(2)3;1-7(2)10(4)5-9(6-10)8(3)11;1-7(2)9-5-10(4,6-9)8(3)11;1-7(2)9-5-4-6-10(9)8(3)11;1-8(2)5-7-10-6-3-4-9(10)11;1-6(2)8-4-9(5-8)7(3)10;;/h8,10H,5-7H2,1-4H3;2*7,9H,5-6H2,1-4H3;7,9-10H,4-6H2,1-3H3;8H,3-7H2,1-2H3;6,8-9H,4-5H2,1-3H3;2*1H4. The van der Waals surface area contributed by atoms with E-state index >= 15 is 0 Å². The number of ketones is 5. The molecule has 0 radical (unpaired) electrons. The van der Waals surface area contributed by atoms with E-state index in [-0.39, 0.29) is 25.7 Å². The second kappa shape index (κ2) is 30.6. The van der Waals surface area contributed by atoms with Gasteiger partial charge in [-0.25, -0.2) is 0 Å². The lowest BCUT2D eigenvalue weighted by Crippen LogP contribution is -2.44. The fraction of sp³-hybridized carbons (Fsp3) is 0.902. The Labute approximate surface area is 422 Å². The minimum Gasteiger partial charge on any atom is -0.343 e. The molecule has 1 amide bonds. The van der Waals surface area contributed by atoms with Crippen molar-refractivity contribution < 1.29 is 28.8 Å². The van der Waals surface area contributed by atoms with Crippen molar-refractivity contribution in [3.63, 3.8) is 0 Å². The Morgan fingerprint density at radius 2 is 1.06 bits per heavy atom. The molecule has 2 atom stereocenters. The lowest BCUT2D eigenvalue weighted by molar-refractivity contribution is -0.136. The third-order valence-electron chi connectivity index (χ3n) is 18.1. The van der Waals surface area contributed by atoms with Gasteiger partial charge in [-0.2, -0.15) is 0 Å². The van der Waals surface area contributed by atoms with Crippen LogP contribution in [-0.2, 0) is 28.8 Å². The molecule has 400 valence electrons. The molecular weight excluding hydrogens is 843 g/mol. The highest BCUT2D eigenvalue weighted by molar-refractivity contribution is 5.84. The van der Waals surface area contributed by atoms with E-state index in [1.54, 1.807) is 34.6 Å². The molecule has 1 saturated heterocycles. The molecule has 0 aromatic rings. The van der Waals surface area contributed by atoms with Gasteiger partial charge in [-0.3, -0.25) is 28.8 Å². The fourth-order valence-corrected chi connectivity index (χ4v) is 11.1. The smallest absolute Gasteiger partial charge is 0.222 e. The van der Waals surface area contributed by atoms with Crippen LogP contribution in [0.25, 0.3) is 0 Å². The molecule has 5 saturated carbocycles. The fourth-order valence-electron chi connectivity index (χ4n) is 11.1. The monoisotopic (exact) mass is 958 g/mol. The van der Waals surface area contributed by atoms with E-state index < -0.39 is 0 Å². The van der Waals surface area contributed by atoms with Gasteiger partial charge in [0, 0.05) is 48.1 Å². The van der Waals surface area contributed by atoms with Gasteiger partial charge in [0.1, 0.15) is 28.9 Å². The van der Waals surface area contributed by atoms with Gasteiger partial charge in [0.2, 0.25) is 5.91 Å². The van der Waals surface area contributed by atoms with Crippen LogP contribution < -0.4 is 0 Å². The van der Waals surface area contributed by atoms with Gasteiger partial charge in [0.05, 0.1) is 0 Å². The van der Waals surface area contributed by atoms with E-state index in [2.05, 4.69) is 104 Å². The van der Waals surface area contributed by atoms with Gasteiger partial charge in [0.25, 0.3) is 0 Å². The first-order chi connectivity index (χ1) is 30.4. The zero-order valence-corrected chi connectivity index (χ0v) is 46.9. The molecule has 0 bridgehead atoms. The quantitative estimate of drug-likeness (QED) is 0.172. The first-order valence-corrected chi connectivity index (χ1v) is 27.2. The van der Waals surface area contributed by atoms with Crippen molar-refractivity contribution >= 4 is 34.8 Å². The van der Waals surface area contributed by atoms with Crippen LogP contribution in [0.2, 0.25) is 0 Å². The molecule has 6 rings (SSSR count). The average molecular weight is 959 g/mol. The van der Waals surface area contributed by atoms with Crippen LogP contribution in [0.3, 0.4) is 0 Å². The molecule has 0 aromatic carbocycles. The van der Waals surface area contributed by atoms with E-state index in [0.29, 0.717) is 75.7 Å². The van der Waals surface area contributed by atoms with Crippen LogP contribution >= 0.6 is 0 Å². The molecule has 0 N–H and O–H groups in total. The lowest BCUT2D eigenvalue weighted by Gasteiger charge is -2.47. The SMILES string of the molecule is C.C.CC(=O)C1(C)CC(C(C)C)C1.CC(=O)C1CC(C(C)C)C1.CC(=O)C1CC(C)(C(C)C)C1.CC(=O)C1CCCC1C(C)C.CC(C)CCN1CCCC1=O.CCC1(C(C)=O)CC(C(C)C)C1. The molecule has 0 spiro atoms. The summed E-state index contributed by atoms with van der Waals surface area (Å²) in [4.78, 5) is 68.5. The largest absolute Gasteiger partial charge is 0.343 e. The number of nitrogens with zero attached hydrogens (tertiary/aromatic N) is 1. The van der Waals surface area contributed by atoms with Gasteiger partial charge in [-0.1, -0.05) is 125 Å². The van der Waals surface area contributed by atoms with Crippen LogP contribution in [0, 0.1) is 93.2 Å². The van der Waals surface area contributed by atoms with Crippen LogP contribution in [-0.4, -0.2) is 52.8 Å². The summed E-state index contributed by atoms with van der Waals surface area (Å²) in [5.41, 5.74) is 0.570. The third-order valence-corrected chi connectivity index (χ3v) is 18.1. The zero-order chi connectivity index (χ0) is 51.1. The normalized spacial score (nSPS) is 30.9. The van der Waals surface area contributed by atoms with Crippen LogP contribution in [0.1, 0.15) is 250 Å². The molecule has 2 unspecified atom stereocenters. The topological polar surface area (TPSA) is 106 Å². The maximum Gasteiger partial charge on any atom is 0.222 e. The number of rotatable bonds is 14. The Balaban J connectivity index is 0. The first-order valence-electron chi connectivity index (χ1n) is 27.2. The Morgan fingerprint density at radius 3 is 1.37 bits per heavy atom. The van der Waals surface area contributed by atoms with Crippen LogP contribution in [0.5, 0.6) is 0 Å². The van der Waals surface area contributed by atoms with Gasteiger partial charge < -0.3 is 4.90 Å². The van der Waals surface area contributed by atoms with Crippen molar-refractivity contribution in [2.24, 2.45) is 93.2 Å². The number of hydrogen-bond acceptors (Lipinski definition) is 6. The summed E-state index contributed by atoms with van der Waals surface area (Å²) in [6.07, 6.45) is 16.7. The first kappa shape index (κ1) is 67.9. The number of Topliss-reactive ketones (excluding diaryl/α,β-unsaturated/α-hetero) is 5. The van der Waals surface area contributed by atoms with E-state index in [4.69, 9.17) is 0 Å². The molecule has 1 heterocycles. The minimum atomic E-state index is 0. The maximum atomic E-state index is 11.3. The van der Waals surface area contributed by atoms with Crippen molar-refractivity contribution in [3.8, 4) is 0 Å². The maximum absolute atomic E-state index is 11.3. The Kier molecular flexibility index (Phi) is 30.6. The number of hydrogen-bond donors (Lipinski definition) is 0. The molecule has 68 heavy (non-hydrogen) atoms. The second-order valence-corrected chi connectivity index (χ2v) is 25.2. The molecule has 5 aliphatic carbocycles. The highest BCUT2D eigenvalue weighted by Crippen LogP contribution is 2.52. The van der Waals surface area contributed by atoms with E-state index in [1.807, 2.05) is 4.90 Å². The highest BCUT2D eigenvalue weighted by Gasteiger charge is 2.47. The van der Waals surface area contributed by atoms with Crippen molar-refractivity contribution in [2.45, 2.75) is 250 Å². The predicted octanol–water partition coefficient (Wildman–Crippen LogP) is 16.2. The number of amides is 1. The summed E-state index contributed by atoms with van der Waals surface area (Å²) in [5, 5.41) is 0. The molecule has 7 heteroatoms. The van der Waals surface area contributed by atoms with E-state index in [0.717, 1.165) is 138 Å². The van der Waals surface area contributed by atoms with Gasteiger partial charge >= 0.3 is 0 Å². The zero-order valence-electron chi connectivity index (χ0n) is 46.9. The molecule has 6 aliphatic rings. The summed E-state index contributed by atoms with van der Waals surface area (Å²) < 4.78 is 0. The lowest BCUT2D eigenvalue weighted by atomic mass is 9.56. The highest BCUT2D eigenvalue weighted by atomic mass is 16.2. The molecule has 7 nitrogen and oxygen atoms in total. The average Bonchev–Trinajstić information content (AvgIpc) is 3.80. The Morgan fingerprint density at radius 1 is 0.588 bits per heavy atom. The Bertz CT molecular complexity index is 1510. The van der Waals surface area contributed by atoms with Gasteiger partial charge in [-0.15, -0.1) is 0 Å². The number of carbonyl (C=O) groups is 6. The second-order valence-electron chi connectivity index (χ2n) is 25.2. The van der Waals surface area contributed by atoms with Crippen LogP contribution in [0.4, 0.5) is 0 Å². The summed E-state index contributed by atoms with van der Waals surface area (Å²) in [7, 11) is 0. The van der Waals surface area contributed by atoms with E-state index in [1.165, 1.54) is 12.8 Å². The minimum absolute atomic E-state index is 0. The molecular formula is C61H115NO6. The Hall–Kier alpha value is -2.18. The molecule has 1 aliphatic heterocycles. The van der Waals surface area contributed by atoms with E-state index in [9.17, 15) is 28.8 Å². The summed E-state index contributed by atoms with van der Waals surface area (Å²) >= 11 is 0. The molecule has 0 aromatic heterocycles. The van der Waals surface area contributed by atoms with Crippen molar-refractivity contribution in [2.75, 3.05) is 13.1 Å². The van der Waals surface area contributed by atoms with Crippen LogP contribution in [0.15, 0.2) is 0 Å². The summed E-state index contributed by atoms with van der Waals surface area (Å²) in [6.45, 7) is 43.9. The third kappa shape index (κ3) is 20.9. The van der Waals surface area contributed by atoms with Crippen molar-refractivity contribution in [1.82, 2.24) is 4.90 Å². The number of carbonyl (C=O) groups excluding carboxylic acids is 6. The molecule has 6 fully saturated rings.